The molecule has 12 heavy (non-hydrogen) atoms. The Morgan fingerprint density at radius 1 is 1.33 bits per heavy atom. The topological polar surface area (TPSA) is 3.24 Å². The zero-order chi connectivity index (χ0) is 8.81. The van der Waals surface area contributed by atoms with Crippen molar-refractivity contribution in [1.29, 1.82) is 0 Å². The Kier molecular flexibility index (Phi) is 5.19. The van der Waals surface area contributed by atoms with E-state index in [1.165, 1.54) is 48.9 Å². The van der Waals surface area contributed by atoms with Crippen molar-refractivity contribution in [3.63, 3.8) is 0 Å². The van der Waals surface area contributed by atoms with Crippen LogP contribution in [0.15, 0.2) is 0 Å². The third-order valence-electron chi connectivity index (χ3n) is 3.01. The molecular formula is C9H23NSi2. The quantitative estimate of drug-likeness (QED) is 0.598. The Balaban J connectivity index is 2.29. The van der Waals surface area contributed by atoms with E-state index in [2.05, 4.69) is 11.5 Å². The second kappa shape index (κ2) is 5.94. The fraction of sp³-hybridized carbons (Fsp3) is 1.00. The molecule has 0 unspecified atom stereocenters. The van der Waals surface area contributed by atoms with Crippen LogP contribution in [0.2, 0.25) is 5.67 Å². The maximum atomic E-state index is 2.84. The highest BCUT2D eigenvalue weighted by atomic mass is 28.3. The van der Waals surface area contributed by atoms with Crippen molar-refractivity contribution in [3.8, 4) is 0 Å². The van der Waals surface area contributed by atoms with E-state index < -0.39 is 0 Å². The summed E-state index contributed by atoms with van der Waals surface area (Å²) in [6, 6.07) is 1.00. The van der Waals surface area contributed by atoms with Gasteiger partial charge in [-0.05, 0) is 19.4 Å². The van der Waals surface area contributed by atoms with Gasteiger partial charge in [0.2, 0.25) is 0 Å². The SMILES string of the molecule is CCN([SiH2]C[SiH3])C1CCCCC1. The summed E-state index contributed by atoms with van der Waals surface area (Å²) in [5.74, 6) is 0. The van der Waals surface area contributed by atoms with Gasteiger partial charge in [0, 0.05) is 16.3 Å². The van der Waals surface area contributed by atoms with Gasteiger partial charge in [0.25, 0.3) is 0 Å². The van der Waals surface area contributed by atoms with Crippen molar-refractivity contribution in [2.24, 2.45) is 0 Å². The smallest absolute Gasteiger partial charge is 0.0920 e. The fourth-order valence-electron chi connectivity index (χ4n) is 2.33. The highest BCUT2D eigenvalue weighted by Gasteiger charge is 2.18. The first kappa shape index (κ1) is 10.5. The lowest BCUT2D eigenvalue weighted by molar-refractivity contribution is 0.266. The molecule has 1 aliphatic carbocycles. The number of hydrogen-bond acceptors (Lipinski definition) is 1. The summed E-state index contributed by atoms with van der Waals surface area (Å²) in [5, 5.41) is 0. The average Bonchev–Trinajstić information content (AvgIpc) is 2.15. The Morgan fingerprint density at radius 3 is 2.50 bits per heavy atom. The summed E-state index contributed by atoms with van der Waals surface area (Å²) in [4.78, 5) is 0. The van der Waals surface area contributed by atoms with Crippen LogP contribution in [0.3, 0.4) is 0 Å². The second-order valence-corrected chi connectivity index (χ2v) is 9.18. The molecule has 0 aromatic heterocycles. The highest BCUT2D eigenvalue weighted by Crippen LogP contribution is 2.21. The maximum absolute atomic E-state index is 2.84. The molecule has 0 aliphatic heterocycles. The van der Waals surface area contributed by atoms with Crippen LogP contribution < -0.4 is 0 Å². The first-order valence-corrected chi connectivity index (χ1v) is 8.67. The second-order valence-electron chi connectivity index (χ2n) is 3.92. The molecule has 0 N–H and O–H groups in total. The number of hydrogen-bond donors (Lipinski definition) is 0. The van der Waals surface area contributed by atoms with Gasteiger partial charge in [-0.3, -0.25) is 0 Å². The van der Waals surface area contributed by atoms with E-state index in [-0.39, 0.29) is 9.68 Å². The lowest BCUT2D eigenvalue weighted by Gasteiger charge is -2.33. The Bertz CT molecular complexity index is 110. The van der Waals surface area contributed by atoms with Crippen LogP contribution in [0.4, 0.5) is 0 Å². The van der Waals surface area contributed by atoms with Crippen LogP contribution >= 0.6 is 0 Å². The molecule has 0 radical (unpaired) electrons. The molecule has 0 aromatic carbocycles. The van der Waals surface area contributed by atoms with Gasteiger partial charge in [0.05, 0.1) is 9.68 Å². The van der Waals surface area contributed by atoms with Crippen molar-refractivity contribution in [2.75, 3.05) is 6.54 Å². The Labute approximate surface area is 82.2 Å². The van der Waals surface area contributed by atoms with E-state index in [4.69, 9.17) is 0 Å². The molecule has 0 atom stereocenters. The summed E-state index contributed by atoms with van der Waals surface area (Å²) in [5.41, 5.74) is 1.59. The van der Waals surface area contributed by atoms with E-state index in [9.17, 15) is 0 Å². The van der Waals surface area contributed by atoms with Gasteiger partial charge >= 0.3 is 0 Å². The summed E-state index contributed by atoms with van der Waals surface area (Å²) < 4.78 is 2.84. The molecule has 0 saturated heterocycles. The lowest BCUT2D eigenvalue weighted by Crippen LogP contribution is -2.39. The van der Waals surface area contributed by atoms with Crippen molar-refractivity contribution in [1.82, 2.24) is 4.57 Å². The molecule has 72 valence electrons. The monoisotopic (exact) mass is 201 g/mol. The van der Waals surface area contributed by atoms with Crippen LogP contribution in [-0.4, -0.2) is 37.1 Å². The summed E-state index contributed by atoms with van der Waals surface area (Å²) in [6.45, 7) is 3.68. The van der Waals surface area contributed by atoms with Crippen molar-refractivity contribution in [3.05, 3.63) is 0 Å². The first-order chi connectivity index (χ1) is 5.88. The van der Waals surface area contributed by atoms with Crippen molar-refractivity contribution < 1.29 is 0 Å². The van der Waals surface area contributed by atoms with Gasteiger partial charge < -0.3 is 4.57 Å². The lowest BCUT2D eigenvalue weighted by atomic mass is 9.95. The van der Waals surface area contributed by atoms with E-state index in [1.807, 2.05) is 0 Å². The van der Waals surface area contributed by atoms with E-state index in [0.29, 0.717) is 0 Å². The summed E-state index contributed by atoms with van der Waals surface area (Å²) in [6.07, 6.45) is 7.49. The molecule has 1 aliphatic rings. The molecule has 1 saturated carbocycles. The molecule has 1 rings (SSSR count). The van der Waals surface area contributed by atoms with Gasteiger partial charge in [-0.15, -0.1) is 0 Å². The minimum absolute atomic E-state index is 0.186. The third-order valence-corrected chi connectivity index (χ3v) is 6.33. The van der Waals surface area contributed by atoms with Crippen LogP contribution in [0, 0.1) is 0 Å². The minimum atomic E-state index is 0.186. The summed E-state index contributed by atoms with van der Waals surface area (Å²) >= 11 is 0. The molecule has 1 fully saturated rings. The average molecular weight is 201 g/mol. The normalized spacial score (nSPS) is 21.5. The standard InChI is InChI=1S/C9H23NSi2/c1-2-10(12-8-11)9-6-4-3-5-7-9/h9H,2-8,12H2,1,11H3. The van der Waals surface area contributed by atoms with Crippen LogP contribution in [0.5, 0.6) is 0 Å². The Hall–Kier alpha value is 0.394. The van der Waals surface area contributed by atoms with Crippen molar-refractivity contribution >= 4 is 19.9 Å². The predicted molar refractivity (Wildman–Crippen MR) is 62.5 cm³/mol. The minimum Gasteiger partial charge on any atom is -0.327 e. The third kappa shape index (κ3) is 3.03. The zero-order valence-corrected chi connectivity index (χ0v) is 12.1. The van der Waals surface area contributed by atoms with Crippen LogP contribution in [0.25, 0.3) is 0 Å². The van der Waals surface area contributed by atoms with E-state index in [0.717, 1.165) is 6.04 Å². The van der Waals surface area contributed by atoms with Gasteiger partial charge in [-0.2, -0.15) is 0 Å². The Morgan fingerprint density at radius 2 is 2.00 bits per heavy atom. The summed E-state index contributed by atoms with van der Waals surface area (Å²) in [7, 11) is 1.62. The molecule has 0 spiro atoms. The van der Waals surface area contributed by atoms with Gasteiger partial charge in [0.1, 0.15) is 0 Å². The zero-order valence-electron chi connectivity index (χ0n) is 8.68. The molecule has 0 heterocycles. The molecule has 3 heteroatoms. The van der Waals surface area contributed by atoms with Gasteiger partial charge in [0.15, 0.2) is 0 Å². The molecule has 0 bridgehead atoms. The molecule has 0 aromatic rings. The van der Waals surface area contributed by atoms with Crippen molar-refractivity contribution in [2.45, 2.75) is 50.7 Å². The molecule has 0 amide bonds. The number of rotatable bonds is 4. The van der Waals surface area contributed by atoms with Crippen LogP contribution in [-0.2, 0) is 0 Å². The molecular weight excluding hydrogens is 178 g/mol. The molecule has 1 nitrogen and oxygen atoms in total. The first-order valence-electron chi connectivity index (χ1n) is 5.62. The van der Waals surface area contributed by atoms with Crippen LogP contribution in [0.1, 0.15) is 39.0 Å². The largest absolute Gasteiger partial charge is 0.327 e. The number of nitrogens with zero attached hydrogens (tertiary/aromatic N) is 1. The van der Waals surface area contributed by atoms with Gasteiger partial charge in [-0.25, -0.2) is 0 Å². The van der Waals surface area contributed by atoms with E-state index in [1.54, 1.807) is 5.67 Å². The fourth-order valence-corrected chi connectivity index (χ4v) is 5.68. The maximum Gasteiger partial charge on any atom is 0.0920 e. The predicted octanol–water partition coefficient (Wildman–Crippen LogP) is 0.466. The van der Waals surface area contributed by atoms with E-state index >= 15 is 0 Å². The highest BCUT2D eigenvalue weighted by molar-refractivity contribution is 6.44. The van der Waals surface area contributed by atoms with Gasteiger partial charge in [-0.1, -0.05) is 31.9 Å².